The summed E-state index contributed by atoms with van der Waals surface area (Å²) < 4.78 is 1.88. The monoisotopic (exact) mass is 396 g/mol. The Balaban J connectivity index is 1.43. The quantitative estimate of drug-likeness (QED) is 0.288. The van der Waals surface area contributed by atoms with Gasteiger partial charge in [-0.05, 0) is 61.4 Å². The highest BCUT2D eigenvalue weighted by Gasteiger charge is 2.07. The molecule has 0 fully saturated rings. The maximum atomic E-state index is 12.3. The number of carbonyl (C=O) groups is 1. The topological polar surface area (TPSA) is 83.5 Å². The fourth-order valence-corrected chi connectivity index (χ4v) is 2.96. The second-order valence-electron chi connectivity index (χ2n) is 6.75. The van der Waals surface area contributed by atoms with Crippen LogP contribution in [0, 0.1) is 13.8 Å². The maximum Gasteiger partial charge on any atom is 0.271 e. The van der Waals surface area contributed by atoms with Crippen LogP contribution in [0.2, 0.25) is 0 Å². The van der Waals surface area contributed by atoms with E-state index in [1.165, 1.54) is 0 Å². The third-order valence-corrected chi connectivity index (χ3v) is 4.62. The molecule has 0 saturated heterocycles. The zero-order valence-electron chi connectivity index (χ0n) is 16.6. The molecule has 7 nitrogen and oxygen atoms in total. The van der Waals surface area contributed by atoms with Crippen molar-refractivity contribution >= 4 is 29.3 Å². The molecule has 1 amide bonds. The molecule has 0 spiro atoms. The number of imidazole rings is 1. The number of hydrazone groups is 1. The van der Waals surface area contributed by atoms with Crippen LogP contribution in [0.1, 0.15) is 27.2 Å². The highest BCUT2D eigenvalue weighted by Crippen LogP contribution is 2.23. The zero-order chi connectivity index (χ0) is 20.9. The molecular weight excluding hydrogens is 376 g/mol. The number of rotatable bonds is 5. The highest BCUT2D eigenvalue weighted by molar-refractivity contribution is 5.95. The number of pyridine rings is 1. The van der Waals surface area contributed by atoms with Gasteiger partial charge in [0.2, 0.25) is 0 Å². The van der Waals surface area contributed by atoms with Gasteiger partial charge in [0.05, 0.1) is 17.6 Å². The van der Waals surface area contributed by atoms with E-state index in [9.17, 15) is 4.79 Å². The van der Waals surface area contributed by atoms with Crippen molar-refractivity contribution in [1.82, 2.24) is 14.8 Å². The van der Waals surface area contributed by atoms with Gasteiger partial charge in [0.25, 0.3) is 5.91 Å². The van der Waals surface area contributed by atoms with Crippen LogP contribution in [0.4, 0.5) is 11.5 Å². The van der Waals surface area contributed by atoms with Gasteiger partial charge in [0, 0.05) is 11.8 Å². The van der Waals surface area contributed by atoms with Crippen molar-refractivity contribution in [3.05, 3.63) is 95.3 Å². The van der Waals surface area contributed by atoms with Gasteiger partial charge in [-0.15, -0.1) is 10.2 Å². The van der Waals surface area contributed by atoms with Gasteiger partial charge in [-0.1, -0.05) is 30.3 Å². The summed E-state index contributed by atoms with van der Waals surface area (Å²) in [5.41, 5.74) is 7.33. The summed E-state index contributed by atoms with van der Waals surface area (Å²) in [6.45, 7) is 3.89. The average Bonchev–Trinajstić information content (AvgIpc) is 3.09. The Kier molecular flexibility index (Phi) is 5.43. The molecule has 0 atom stereocenters. The minimum atomic E-state index is -0.291. The Morgan fingerprint density at radius 3 is 2.53 bits per heavy atom. The smallest absolute Gasteiger partial charge is 0.271 e. The van der Waals surface area contributed by atoms with Crippen molar-refractivity contribution in [2.75, 3.05) is 0 Å². The number of aromatic nitrogens is 2. The number of fused-ring (bicyclic) bond motifs is 1. The molecule has 4 rings (SSSR count). The van der Waals surface area contributed by atoms with Crippen LogP contribution in [-0.2, 0) is 0 Å². The van der Waals surface area contributed by atoms with Crippen LogP contribution in [0.3, 0.4) is 0 Å². The largest absolute Gasteiger partial charge is 0.283 e. The molecule has 4 aromatic rings. The average molecular weight is 396 g/mol. The lowest BCUT2D eigenvalue weighted by atomic mass is 10.1. The van der Waals surface area contributed by atoms with Crippen molar-refractivity contribution in [1.29, 1.82) is 0 Å². The standard InChI is InChI=1S/C23H20N6O/c1-16-7-3-4-8-19(16)15-24-28-23(30)18-10-12-20(13-11-18)26-27-22-17(2)25-21-9-5-6-14-29(21)22/h3-15H,1-2H3,(H,28,30)/b24-15+,27-26?. The second kappa shape index (κ2) is 8.48. The van der Waals surface area contributed by atoms with Crippen molar-refractivity contribution < 1.29 is 4.79 Å². The van der Waals surface area contributed by atoms with Crippen LogP contribution in [0.25, 0.3) is 5.65 Å². The predicted octanol–water partition coefficient (Wildman–Crippen LogP) is 5.13. The lowest BCUT2D eigenvalue weighted by Gasteiger charge is -2.01. The normalized spacial score (nSPS) is 11.5. The molecule has 7 heteroatoms. The molecule has 0 radical (unpaired) electrons. The van der Waals surface area contributed by atoms with Crippen LogP contribution in [0.5, 0.6) is 0 Å². The summed E-state index contributed by atoms with van der Waals surface area (Å²) in [6, 6.07) is 20.4. The van der Waals surface area contributed by atoms with Crippen LogP contribution in [0.15, 0.2) is 88.3 Å². The van der Waals surface area contributed by atoms with Gasteiger partial charge in [-0.3, -0.25) is 9.20 Å². The maximum absolute atomic E-state index is 12.3. The van der Waals surface area contributed by atoms with Crippen molar-refractivity contribution in [3.63, 3.8) is 0 Å². The fraction of sp³-hybridized carbons (Fsp3) is 0.0870. The number of azo groups is 1. The number of nitrogens with one attached hydrogen (secondary N) is 1. The molecule has 2 heterocycles. The molecule has 2 aromatic carbocycles. The Hall–Kier alpha value is -4.13. The molecule has 0 aliphatic heterocycles. The van der Waals surface area contributed by atoms with Crippen LogP contribution >= 0.6 is 0 Å². The van der Waals surface area contributed by atoms with Crippen molar-refractivity contribution in [3.8, 4) is 0 Å². The van der Waals surface area contributed by atoms with E-state index in [2.05, 4.69) is 25.7 Å². The summed E-state index contributed by atoms with van der Waals surface area (Å²) in [4.78, 5) is 16.7. The van der Waals surface area contributed by atoms with E-state index in [0.29, 0.717) is 17.1 Å². The first-order valence-electron chi connectivity index (χ1n) is 9.46. The minimum absolute atomic E-state index is 0.291. The van der Waals surface area contributed by atoms with Crippen molar-refractivity contribution in [2.24, 2.45) is 15.3 Å². The second-order valence-corrected chi connectivity index (χ2v) is 6.75. The van der Waals surface area contributed by atoms with Crippen LogP contribution < -0.4 is 5.43 Å². The zero-order valence-corrected chi connectivity index (χ0v) is 16.6. The molecule has 0 saturated carbocycles. The van der Waals surface area contributed by atoms with E-state index >= 15 is 0 Å². The number of hydrogen-bond donors (Lipinski definition) is 1. The van der Waals surface area contributed by atoms with Gasteiger partial charge in [0.15, 0.2) is 5.82 Å². The van der Waals surface area contributed by atoms with Crippen LogP contribution in [-0.4, -0.2) is 21.5 Å². The highest BCUT2D eigenvalue weighted by atomic mass is 16.2. The summed E-state index contributed by atoms with van der Waals surface area (Å²) in [7, 11) is 0. The Morgan fingerprint density at radius 2 is 1.73 bits per heavy atom. The summed E-state index contributed by atoms with van der Waals surface area (Å²) in [5.74, 6) is 0.388. The molecule has 0 aliphatic rings. The van der Waals surface area contributed by atoms with E-state index < -0.39 is 0 Å². The van der Waals surface area contributed by atoms with Crippen molar-refractivity contribution in [2.45, 2.75) is 13.8 Å². The fourth-order valence-electron chi connectivity index (χ4n) is 2.96. The van der Waals surface area contributed by atoms with Gasteiger partial charge < -0.3 is 0 Å². The lowest BCUT2D eigenvalue weighted by Crippen LogP contribution is -2.17. The van der Waals surface area contributed by atoms with Gasteiger partial charge in [-0.2, -0.15) is 5.10 Å². The summed E-state index contributed by atoms with van der Waals surface area (Å²) in [6.07, 6.45) is 3.53. The first kappa shape index (κ1) is 19.2. The number of amides is 1. The number of benzene rings is 2. The molecule has 148 valence electrons. The van der Waals surface area contributed by atoms with Gasteiger partial charge in [0.1, 0.15) is 5.65 Å². The summed E-state index contributed by atoms with van der Waals surface area (Å²) in [5, 5.41) is 12.6. The van der Waals surface area contributed by atoms with E-state index in [-0.39, 0.29) is 5.91 Å². The molecular formula is C23H20N6O. The Bertz CT molecular complexity index is 1250. The van der Waals surface area contributed by atoms with E-state index in [0.717, 1.165) is 22.5 Å². The predicted molar refractivity (Wildman–Crippen MR) is 117 cm³/mol. The van der Waals surface area contributed by atoms with Gasteiger partial charge >= 0.3 is 0 Å². The molecule has 2 aromatic heterocycles. The Morgan fingerprint density at radius 1 is 0.967 bits per heavy atom. The van der Waals surface area contributed by atoms with E-state index in [1.54, 1.807) is 30.5 Å². The van der Waals surface area contributed by atoms with Gasteiger partial charge in [-0.25, -0.2) is 10.4 Å². The number of carbonyl (C=O) groups excluding carboxylic acids is 1. The number of aryl methyl sites for hydroxylation is 2. The third-order valence-electron chi connectivity index (χ3n) is 4.62. The van der Waals surface area contributed by atoms with E-state index in [1.807, 2.05) is 66.9 Å². The SMILES string of the molecule is Cc1ccccc1/C=N/NC(=O)c1ccc(N=Nc2c(C)nc3ccccn23)cc1. The molecule has 1 N–H and O–H groups in total. The number of nitrogens with zero attached hydrogens (tertiary/aromatic N) is 5. The summed E-state index contributed by atoms with van der Waals surface area (Å²) >= 11 is 0. The molecule has 0 unspecified atom stereocenters. The molecule has 30 heavy (non-hydrogen) atoms. The third kappa shape index (κ3) is 4.15. The van der Waals surface area contributed by atoms with E-state index in [4.69, 9.17) is 0 Å². The Labute approximate surface area is 173 Å². The molecule has 0 aliphatic carbocycles. The first-order chi connectivity index (χ1) is 14.6. The number of hydrogen-bond acceptors (Lipinski definition) is 5. The lowest BCUT2D eigenvalue weighted by molar-refractivity contribution is 0.0955. The first-order valence-corrected chi connectivity index (χ1v) is 9.46. The minimum Gasteiger partial charge on any atom is -0.283 e. The molecule has 0 bridgehead atoms.